The molecule has 10 heteroatoms. The summed E-state index contributed by atoms with van der Waals surface area (Å²) in [5.74, 6) is -2.44. The second kappa shape index (κ2) is 10.3. The Morgan fingerprint density at radius 1 is 0.912 bits per heavy atom. The van der Waals surface area contributed by atoms with E-state index in [-0.39, 0.29) is 33.2 Å². The number of halogens is 1. The van der Waals surface area contributed by atoms with Gasteiger partial charge in [0.25, 0.3) is 15.9 Å². The van der Waals surface area contributed by atoms with Crippen LogP contribution in [0.4, 0.5) is 15.8 Å². The number of aryl methyl sites for hydroxylation is 1. The molecule has 3 aromatic carbocycles. The van der Waals surface area contributed by atoms with Crippen LogP contribution in [0.2, 0.25) is 0 Å². The quantitative estimate of drug-likeness (QED) is 0.369. The molecule has 2 N–H and O–H groups in total. The lowest BCUT2D eigenvalue weighted by Crippen LogP contribution is -2.23. The number of nitrogens with one attached hydrogen (secondary N) is 2. The first-order valence-electron chi connectivity index (χ1n) is 10.0. The van der Waals surface area contributed by atoms with Crippen LogP contribution in [0.3, 0.4) is 0 Å². The molecule has 0 atom stereocenters. The zero-order valence-electron chi connectivity index (χ0n) is 18.3. The summed E-state index contributed by atoms with van der Waals surface area (Å²) in [6.45, 7) is 2.14. The molecule has 176 valence electrons. The van der Waals surface area contributed by atoms with Gasteiger partial charge in [0.2, 0.25) is 0 Å². The highest BCUT2D eigenvalue weighted by Crippen LogP contribution is 2.23. The van der Waals surface area contributed by atoms with Crippen molar-refractivity contribution in [2.24, 2.45) is 0 Å². The van der Waals surface area contributed by atoms with Crippen molar-refractivity contribution in [3.63, 3.8) is 0 Å². The second-order valence-corrected chi connectivity index (χ2v) is 8.94. The number of hydrogen-bond donors (Lipinski definition) is 2. The number of amides is 1. The van der Waals surface area contributed by atoms with Gasteiger partial charge in [-0.2, -0.15) is 0 Å². The third-order valence-corrected chi connectivity index (χ3v) is 6.26. The van der Waals surface area contributed by atoms with E-state index in [2.05, 4.69) is 10.0 Å². The molecular formula is C24H21FN2O6S. The molecule has 3 rings (SSSR count). The maximum absolute atomic E-state index is 13.4. The molecule has 0 aliphatic rings. The summed E-state index contributed by atoms with van der Waals surface area (Å²) in [5, 5.41) is 2.50. The summed E-state index contributed by atoms with van der Waals surface area (Å²) in [7, 11) is -4.14. The first-order chi connectivity index (χ1) is 16.1. The van der Waals surface area contributed by atoms with Crippen molar-refractivity contribution in [3.05, 3.63) is 89.2 Å². The van der Waals surface area contributed by atoms with Gasteiger partial charge in [0, 0.05) is 5.56 Å². The molecule has 0 unspecified atom stereocenters. The highest BCUT2D eigenvalue weighted by atomic mass is 32.2. The summed E-state index contributed by atoms with van der Waals surface area (Å²) in [6.07, 6.45) is 0. The number of anilines is 2. The molecule has 0 spiro atoms. The van der Waals surface area contributed by atoms with E-state index in [1.54, 1.807) is 18.2 Å². The van der Waals surface area contributed by atoms with Crippen LogP contribution in [-0.2, 0) is 19.6 Å². The molecule has 0 heterocycles. The third kappa shape index (κ3) is 5.84. The number of sulfonamides is 1. The molecule has 0 saturated heterocycles. The van der Waals surface area contributed by atoms with Gasteiger partial charge in [0.05, 0.1) is 21.8 Å². The van der Waals surface area contributed by atoms with E-state index in [4.69, 9.17) is 4.74 Å². The average Bonchev–Trinajstić information content (AvgIpc) is 2.77. The molecular weight excluding hydrogens is 463 g/mol. The number of hydrogen-bond acceptors (Lipinski definition) is 6. The van der Waals surface area contributed by atoms with E-state index < -0.39 is 34.3 Å². The Kier molecular flexibility index (Phi) is 7.42. The van der Waals surface area contributed by atoms with E-state index in [1.165, 1.54) is 44.2 Å². The number of ketones is 1. The van der Waals surface area contributed by atoms with Crippen LogP contribution in [0, 0.1) is 12.7 Å². The molecule has 8 nitrogen and oxygen atoms in total. The standard InChI is InChI=1S/C24H21FN2O6S/c1-15-13-17(25)11-12-22(15)34(31,32)27-21-10-6-4-8-19(21)24(30)33-14-23(29)26-20-9-5-3-7-18(20)16(2)28/h3-13,27H,14H2,1-2H3,(H,26,29). The maximum atomic E-state index is 13.4. The topological polar surface area (TPSA) is 119 Å². The number of para-hydroxylation sites is 2. The lowest BCUT2D eigenvalue weighted by Gasteiger charge is -2.14. The molecule has 0 radical (unpaired) electrons. The molecule has 34 heavy (non-hydrogen) atoms. The van der Waals surface area contributed by atoms with Crippen molar-refractivity contribution in [3.8, 4) is 0 Å². The van der Waals surface area contributed by atoms with Crippen LogP contribution in [-0.4, -0.2) is 32.7 Å². The van der Waals surface area contributed by atoms with E-state index >= 15 is 0 Å². The molecule has 0 aliphatic heterocycles. The van der Waals surface area contributed by atoms with Crippen molar-refractivity contribution >= 4 is 39.1 Å². The van der Waals surface area contributed by atoms with Crippen molar-refractivity contribution < 1.29 is 31.9 Å². The Labute approximate surface area is 195 Å². The van der Waals surface area contributed by atoms with Gasteiger partial charge < -0.3 is 10.1 Å². The minimum Gasteiger partial charge on any atom is -0.452 e. The van der Waals surface area contributed by atoms with Gasteiger partial charge in [-0.15, -0.1) is 0 Å². The summed E-state index contributed by atoms with van der Waals surface area (Å²) >= 11 is 0. The van der Waals surface area contributed by atoms with Crippen LogP contribution in [0.25, 0.3) is 0 Å². The van der Waals surface area contributed by atoms with Crippen molar-refractivity contribution in [1.29, 1.82) is 0 Å². The fourth-order valence-electron chi connectivity index (χ4n) is 3.16. The number of carbonyl (C=O) groups excluding carboxylic acids is 3. The average molecular weight is 485 g/mol. The smallest absolute Gasteiger partial charge is 0.340 e. The van der Waals surface area contributed by atoms with Gasteiger partial charge >= 0.3 is 5.97 Å². The van der Waals surface area contributed by atoms with Gasteiger partial charge in [0.15, 0.2) is 12.4 Å². The number of carbonyl (C=O) groups is 3. The number of esters is 1. The Morgan fingerprint density at radius 2 is 1.53 bits per heavy atom. The Bertz CT molecular complexity index is 1370. The first kappa shape index (κ1) is 24.6. The van der Waals surface area contributed by atoms with E-state index in [0.29, 0.717) is 5.56 Å². The van der Waals surface area contributed by atoms with E-state index in [1.807, 2.05) is 0 Å². The van der Waals surface area contributed by atoms with Gasteiger partial charge in [0.1, 0.15) is 5.82 Å². The number of Topliss-reactive ketones (excluding diaryl/α,β-unsaturated/α-hetero) is 1. The van der Waals surface area contributed by atoms with Crippen LogP contribution < -0.4 is 10.0 Å². The Balaban J connectivity index is 1.72. The summed E-state index contributed by atoms with van der Waals surface area (Å²) in [4.78, 5) is 36.4. The lowest BCUT2D eigenvalue weighted by atomic mass is 10.1. The minimum atomic E-state index is -4.14. The number of ether oxygens (including phenoxy) is 1. The molecule has 3 aromatic rings. The third-order valence-electron chi connectivity index (χ3n) is 4.73. The van der Waals surface area contributed by atoms with Gasteiger partial charge in [-0.05, 0) is 61.9 Å². The zero-order chi connectivity index (χ0) is 24.9. The minimum absolute atomic E-state index is 0.0708. The zero-order valence-corrected chi connectivity index (χ0v) is 19.1. The predicted octanol–water partition coefficient (Wildman–Crippen LogP) is 3.93. The van der Waals surface area contributed by atoms with Gasteiger partial charge in [-0.3, -0.25) is 14.3 Å². The van der Waals surface area contributed by atoms with Crippen LogP contribution in [0.1, 0.15) is 33.2 Å². The second-order valence-electron chi connectivity index (χ2n) is 7.29. The van der Waals surface area contributed by atoms with Gasteiger partial charge in [-0.1, -0.05) is 24.3 Å². The fourth-order valence-corrected chi connectivity index (χ4v) is 4.47. The molecule has 0 bridgehead atoms. The summed E-state index contributed by atoms with van der Waals surface area (Å²) in [6, 6.07) is 15.3. The molecule has 0 aromatic heterocycles. The normalized spacial score (nSPS) is 10.9. The largest absolute Gasteiger partial charge is 0.452 e. The highest BCUT2D eigenvalue weighted by Gasteiger charge is 2.22. The molecule has 0 aliphatic carbocycles. The number of rotatable bonds is 8. The molecule has 0 saturated carbocycles. The Morgan fingerprint density at radius 3 is 2.18 bits per heavy atom. The van der Waals surface area contributed by atoms with Crippen LogP contribution >= 0.6 is 0 Å². The maximum Gasteiger partial charge on any atom is 0.340 e. The first-order valence-corrected chi connectivity index (χ1v) is 11.5. The SMILES string of the molecule is CC(=O)c1ccccc1NC(=O)COC(=O)c1ccccc1NS(=O)(=O)c1ccc(F)cc1C. The van der Waals surface area contributed by atoms with E-state index in [0.717, 1.165) is 18.2 Å². The van der Waals surface area contributed by atoms with Crippen molar-refractivity contribution in [1.82, 2.24) is 0 Å². The summed E-state index contributed by atoms with van der Waals surface area (Å²) < 4.78 is 46.3. The molecule has 1 amide bonds. The summed E-state index contributed by atoms with van der Waals surface area (Å²) in [5.41, 5.74) is 0.577. The monoisotopic (exact) mass is 484 g/mol. The predicted molar refractivity (Wildman–Crippen MR) is 124 cm³/mol. The van der Waals surface area contributed by atoms with Crippen molar-refractivity contribution in [2.45, 2.75) is 18.7 Å². The lowest BCUT2D eigenvalue weighted by molar-refractivity contribution is -0.119. The highest BCUT2D eigenvalue weighted by molar-refractivity contribution is 7.92. The van der Waals surface area contributed by atoms with Crippen LogP contribution in [0.15, 0.2) is 71.6 Å². The molecule has 0 fully saturated rings. The number of benzene rings is 3. The van der Waals surface area contributed by atoms with Crippen molar-refractivity contribution in [2.75, 3.05) is 16.6 Å². The fraction of sp³-hybridized carbons (Fsp3) is 0.125. The Hall–Kier alpha value is -4.05. The van der Waals surface area contributed by atoms with Crippen LogP contribution in [0.5, 0.6) is 0 Å². The van der Waals surface area contributed by atoms with Gasteiger partial charge in [-0.25, -0.2) is 17.6 Å². The van der Waals surface area contributed by atoms with E-state index in [9.17, 15) is 27.2 Å².